The number of nitro groups is 1. The van der Waals surface area contributed by atoms with E-state index in [1.165, 1.54) is 37.9 Å². The number of amides is 1. The Morgan fingerprint density at radius 2 is 2.18 bits per heavy atom. The Balaban J connectivity index is 2.55. The number of nitrogens with zero attached hydrogens (tertiary/aromatic N) is 1. The van der Waals surface area contributed by atoms with Crippen LogP contribution < -0.4 is 10.1 Å². The van der Waals surface area contributed by atoms with Gasteiger partial charge in [0.05, 0.1) is 17.8 Å². The molecule has 1 rings (SSSR count). The van der Waals surface area contributed by atoms with Gasteiger partial charge < -0.3 is 15.2 Å². The molecule has 8 nitrogen and oxygen atoms in total. The maximum atomic E-state index is 11.5. The van der Waals surface area contributed by atoms with Gasteiger partial charge in [-0.2, -0.15) is 0 Å². The van der Waals surface area contributed by atoms with Crippen molar-refractivity contribution in [2.45, 2.75) is 18.7 Å². The molecule has 0 aliphatic rings. The van der Waals surface area contributed by atoms with Gasteiger partial charge in [-0.05, 0) is 18.6 Å². The predicted octanol–water partition coefficient (Wildman–Crippen LogP) is 1.43. The summed E-state index contributed by atoms with van der Waals surface area (Å²) in [4.78, 5) is 32.5. The third-order valence-corrected chi connectivity index (χ3v) is 3.69. The van der Waals surface area contributed by atoms with Crippen LogP contribution in [0.5, 0.6) is 5.75 Å². The predicted molar refractivity (Wildman–Crippen MR) is 81.1 cm³/mol. The fraction of sp³-hybridized carbons (Fsp3) is 0.385. The Hall–Kier alpha value is -2.29. The highest BCUT2D eigenvalue weighted by molar-refractivity contribution is 7.99. The van der Waals surface area contributed by atoms with Gasteiger partial charge in [0.2, 0.25) is 5.91 Å². The summed E-state index contributed by atoms with van der Waals surface area (Å²) in [5.41, 5.74) is 0.543. The minimum atomic E-state index is -1.11. The molecule has 120 valence electrons. The van der Waals surface area contributed by atoms with Crippen LogP contribution in [0.15, 0.2) is 18.2 Å². The monoisotopic (exact) mass is 328 g/mol. The zero-order valence-corrected chi connectivity index (χ0v) is 12.9. The van der Waals surface area contributed by atoms with E-state index in [0.29, 0.717) is 11.3 Å². The molecule has 0 unspecified atom stereocenters. The van der Waals surface area contributed by atoms with Crippen molar-refractivity contribution < 1.29 is 24.4 Å². The number of ether oxygens (including phenoxy) is 1. The molecule has 0 spiro atoms. The molecule has 0 aliphatic heterocycles. The molecular weight excluding hydrogens is 312 g/mol. The molecule has 2 N–H and O–H groups in total. The molecule has 0 bridgehead atoms. The van der Waals surface area contributed by atoms with Crippen LogP contribution in [0.1, 0.15) is 12.5 Å². The van der Waals surface area contributed by atoms with E-state index in [-0.39, 0.29) is 17.2 Å². The van der Waals surface area contributed by atoms with Crippen LogP contribution in [-0.4, -0.2) is 40.8 Å². The number of methoxy groups -OCH3 is 1. The summed E-state index contributed by atoms with van der Waals surface area (Å²) in [6.07, 6.45) is 0. The Labute approximate surface area is 131 Å². The lowest BCUT2D eigenvalue weighted by atomic mass is 10.2. The summed E-state index contributed by atoms with van der Waals surface area (Å²) in [5, 5.41) is 21.9. The van der Waals surface area contributed by atoms with E-state index >= 15 is 0 Å². The molecule has 1 amide bonds. The summed E-state index contributed by atoms with van der Waals surface area (Å²) in [6.45, 7) is 1.37. The van der Waals surface area contributed by atoms with Gasteiger partial charge in [0.1, 0.15) is 6.04 Å². The van der Waals surface area contributed by atoms with Gasteiger partial charge in [-0.25, -0.2) is 0 Å². The van der Waals surface area contributed by atoms with E-state index in [4.69, 9.17) is 9.84 Å². The summed E-state index contributed by atoms with van der Waals surface area (Å²) < 4.78 is 4.90. The average molecular weight is 328 g/mol. The minimum absolute atomic E-state index is 0.0669. The Morgan fingerprint density at radius 1 is 1.50 bits per heavy atom. The zero-order chi connectivity index (χ0) is 16.7. The number of nitro benzene ring substituents is 1. The van der Waals surface area contributed by atoms with Crippen molar-refractivity contribution in [3.8, 4) is 5.75 Å². The second kappa shape index (κ2) is 8.23. The first-order valence-electron chi connectivity index (χ1n) is 6.26. The number of carboxylic acid groups (broad SMARTS) is 1. The summed E-state index contributed by atoms with van der Waals surface area (Å²) >= 11 is 1.23. The number of carbonyl (C=O) groups excluding carboxylic acids is 1. The molecule has 1 aromatic rings. The van der Waals surface area contributed by atoms with Gasteiger partial charge in [-0.3, -0.25) is 19.7 Å². The van der Waals surface area contributed by atoms with Crippen LogP contribution in [0, 0.1) is 10.1 Å². The number of rotatable bonds is 8. The second-order valence-electron chi connectivity index (χ2n) is 4.38. The number of carbonyl (C=O) groups is 2. The number of carboxylic acids is 1. The Kier molecular flexibility index (Phi) is 6.64. The van der Waals surface area contributed by atoms with Crippen LogP contribution in [-0.2, 0) is 15.3 Å². The smallest absolute Gasteiger partial charge is 0.325 e. The molecule has 9 heteroatoms. The van der Waals surface area contributed by atoms with Gasteiger partial charge in [-0.1, -0.05) is 6.07 Å². The fourth-order valence-electron chi connectivity index (χ4n) is 1.57. The highest BCUT2D eigenvalue weighted by Crippen LogP contribution is 2.28. The van der Waals surface area contributed by atoms with E-state index in [9.17, 15) is 19.7 Å². The molecule has 1 aromatic carbocycles. The van der Waals surface area contributed by atoms with Gasteiger partial charge in [-0.15, -0.1) is 11.8 Å². The number of thioether (sulfide) groups is 1. The summed E-state index contributed by atoms with van der Waals surface area (Å²) in [6, 6.07) is 3.62. The van der Waals surface area contributed by atoms with Crippen LogP contribution in [0.4, 0.5) is 5.69 Å². The lowest BCUT2D eigenvalue weighted by molar-refractivity contribution is -0.385. The lowest BCUT2D eigenvalue weighted by Crippen LogP contribution is -2.39. The molecule has 1 atom stereocenters. The quantitative estimate of drug-likeness (QED) is 0.547. The first kappa shape index (κ1) is 17.8. The molecule has 0 radical (unpaired) electrons. The van der Waals surface area contributed by atoms with Crippen molar-refractivity contribution in [2.24, 2.45) is 0 Å². The maximum Gasteiger partial charge on any atom is 0.325 e. The molecule has 22 heavy (non-hydrogen) atoms. The van der Waals surface area contributed by atoms with Gasteiger partial charge in [0.15, 0.2) is 5.75 Å². The SMILES string of the molecule is COc1ccc(CSCC(=O)N[C@H](C)C(=O)O)cc1[N+](=O)[O-]. The number of nitrogens with one attached hydrogen (secondary N) is 1. The normalized spacial score (nSPS) is 11.5. The van der Waals surface area contributed by atoms with Crippen molar-refractivity contribution >= 4 is 29.3 Å². The second-order valence-corrected chi connectivity index (χ2v) is 5.37. The standard InChI is InChI=1S/C13H16N2O6S/c1-8(13(17)18)14-12(16)7-22-6-9-3-4-11(21-2)10(5-9)15(19)20/h3-5,8H,6-7H2,1-2H3,(H,14,16)(H,17,18)/t8-/m1/s1. The van der Waals surface area contributed by atoms with Gasteiger partial charge in [0.25, 0.3) is 0 Å². The number of hydrogen-bond acceptors (Lipinski definition) is 6. The topological polar surface area (TPSA) is 119 Å². The minimum Gasteiger partial charge on any atom is -0.490 e. The molecule has 0 heterocycles. The highest BCUT2D eigenvalue weighted by atomic mass is 32.2. The average Bonchev–Trinajstić information content (AvgIpc) is 2.46. The summed E-state index contributed by atoms with van der Waals surface area (Å²) in [5.74, 6) is -0.879. The number of benzene rings is 1. The van der Waals surface area contributed by atoms with E-state index in [2.05, 4.69) is 5.32 Å². The van der Waals surface area contributed by atoms with Crippen molar-refractivity contribution in [3.63, 3.8) is 0 Å². The largest absolute Gasteiger partial charge is 0.490 e. The first-order valence-corrected chi connectivity index (χ1v) is 7.41. The zero-order valence-electron chi connectivity index (χ0n) is 12.1. The van der Waals surface area contributed by atoms with Crippen molar-refractivity contribution in [1.29, 1.82) is 0 Å². The lowest BCUT2D eigenvalue weighted by Gasteiger charge is -2.09. The van der Waals surface area contributed by atoms with E-state index in [1.54, 1.807) is 6.07 Å². The van der Waals surface area contributed by atoms with Crippen molar-refractivity contribution in [2.75, 3.05) is 12.9 Å². The molecule has 0 fully saturated rings. The third-order valence-electron chi connectivity index (χ3n) is 2.69. The highest BCUT2D eigenvalue weighted by Gasteiger charge is 2.16. The summed E-state index contributed by atoms with van der Waals surface area (Å²) in [7, 11) is 1.35. The number of hydrogen-bond donors (Lipinski definition) is 2. The van der Waals surface area contributed by atoms with Gasteiger partial charge in [0, 0.05) is 11.8 Å². The molecule has 0 aliphatic carbocycles. The molecule has 0 aromatic heterocycles. The first-order chi connectivity index (χ1) is 10.3. The molecule has 0 saturated heterocycles. The van der Waals surface area contributed by atoms with E-state index in [1.807, 2.05) is 0 Å². The van der Waals surface area contributed by atoms with Crippen molar-refractivity contribution in [3.05, 3.63) is 33.9 Å². The van der Waals surface area contributed by atoms with Crippen LogP contribution in [0.25, 0.3) is 0 Å². The van der Waals surface area contributed by atoms with Crippen molar-refractivity contribution in [1.82, 2.24) is 5.32 Å². The van der Waals surface area contributed by atoms with E-state index in [0.717, 1.165) is 0 Å². The third kappa shape index (κ3) is 5.24. The van der Waals surface area contributed by atoms with Crippen LogP contribution >= 0.6 is 11.8 Å². The maximum absolute atomic E-state index is 11.5. The Bertz CT molecular complexity index is 578. The van der Waals surface area contributed by atoms with Crippen LogP contribution in [0.2, 0.25) is 0 Å². The Morgan fingerprint density at radius 3 is 2.73 bits per heavy atom. The van der Waals surface area contributed by atoms with E-state index < -0.39 is 22.8 Å². The van der Waals surface area contributed by atoms with Gasteiger partial charge >= 0.3 is 11.7 Å². The number of aliphatic carboxylic acids is 1. The fourth-order valence-corrected chi connectivity index (χ4v) is 2.36. The molecule has 0 saturated carbocycles. The van der Waals surface area contributed by atoms with Crippen LogP contribution in [0.3, 0.4) is 0 Å². The molecular formula is C13H16N2O6S.